The van der Waals surface area contributed by atoms with Crippen LogP contribution in [-0.4, -0.2) is 68.1 Å². The zero-order valence-electron chi connectivity index (χ0n) is 23.9. The van der Waals surface area contributed by atoms with Crippen molar-refractivity contribution in [1.82, 2.24) is 10.2 Å². The summed E-state index contributed by atoms with van der Waals surface area (Å²) in [6, 6.07) is 8.34. The minimum absolute atomic E-state index is 0.00717. The molecule has 3 aliphatic rings. The number of nitrogens with zero attached hydrogens (tertiary/aromatic N) is 1. The lowest BCUT2D eigenvalue weighted by Crippen LogP contribution is -2.60. The monoisotopic (exact) mass is 544 g/mol. The van der Waals surface area contributed by atoms with E-state index in [-0.39, 0.29) is 36.4 Å². The van der Waals surface area contributed by atoms with E-state index in [2.05, 4.69) is 26.1 Å². The zero-order valence-corrected chi connectivity index (χ0v) is 24.7. The second-order valence-electron chi connectivity index (χ2n) is 13.4. The van der Waals surface area contributed by atoms with Crippen LogP contribution < -0.4 is 5.32 Å². The molecule has 3 fully saturated rings. The molecule has 2 unspecified atom stereocenters. The summed E-state index contributed by atoms with van der Waals surface area (Å²) in [5.74, 6) is -2.06. The molecule has 2 N–H and O–H groups in total. The second kappa shape index (κ2) is 10.2. The molecule has 3 aliphatic heterocycles. The van der Waals surface area contributed by atoms with E-state index < -0.39 is 39.0 Å². The molecular formula is C30H44N2O5S. The molecule has 0 radical (unpaired) electrons. The van der Waals surface area contributed by atoms with Crippen LogP contribution in [0.3, 0.4) is 0 Å². The molecule has 0 saturated carbocycles. The average Bonchev–Trinajstić information content (AvgIpc) is 3.37. The Balaban J connectivity index is 1.77. The highest BCUT2D eigenvalue weighted by atomic mass is 32.2. The van der Waals surface area contributed by atoms with Crippen molar-refractivity contribution in [2.75, 3.05) is 13.2 Å². The Labute approximate surface area is 231 Å². The third-order valence-electron chi connectivity index (χ3n) is 8.36. The highest BCUT2D eigenvalue weighted by Gasteiger charge is 2.78. The quantitative estimate of drug-likeness (QED) is 0.457. The lowest BCUT2D eigenvalue weighted by Gasteiger charge is -2.40. The van der Waals surface area contributed by atoms with Gasteiger partial charge in [-0.15, -0.1) is 11.8 Å². The van der Waals surface area contributed by atoms with Crippen LogP contribution >= 0.6 is 11.8 Å². The van der Waals surface area contributed by atoms with Gasteiger partial charge in [-0.25, -0.2) is 0 Å². The van der Waals surface area contributed by atoms with Crippen molar-refractivity contribution in [3.05, 3.63) is 35.9 Å². The van der Waals surface area contributed by atoms with Crippen molar-refractivity contribution in [3.8, 4) is 0 Å². The summed E-state index contributed by atoms with van der Waals surface area (Å²) in [5.41, 5.74) is 0.470. The maximum atomic E-state index is 14.3. The lowest BCUT2D eigenvalue weighted by molar-refractivity contribution is -0.155. The number of carbonyl (C=O) groups is 3. The largest absolute Gasteiger partial charge is 0.466 e. The van der Waals surface area contributed by atoms with Gasteiger partial charge in [0.1, 0.15) is 6.04 Å². The number of rotatable bonds is 9. The first-order valence-electron chi connectivity index (χ1n) is 13.8. The molecule has 0 aromatic heterocycles. The lowest BCUT2D eigenvalue weighted by atomic mass is 9.66. The van der Waals surface area contributed by atoms with Crippen LogP contribution in [0.2, 0.25) is 0 Å². The molecule has 2 amide bonds. The average molecular weight is 545 g/mol. The summed E-state index contributed by atoms with van der Waals surface area (Å²) in [5, 5.41) is 13.8. The van der Waals surface area contributed by atoms with Gasteiger partial charge in [0, 0.05) is 10.3 Å². The van der Waals surface area contributed by atoms with Gasteiger partial charge in [0.25, 0.3) is 0 Å². The van der Waals surface area contributed by atoms with Crippen LogP contribution in [0, 0.1) is 17.3 Å². The van der Waals surface area contributed by atoms with E-state index in [1.807, 2.05) is 51.1 Å². The number of aliphatic hydroxyl groups excluding tert-OH is 1. The molecule has 210 valence electrons. The number of esters is 1. The summed E-state index contributed by atoms with van der Waals surface area (Å²) in [6.07, 6.45) is 2.58. The smallest absolute Gasteiger partial charge is 0.311 e. The minimum Gasteiger partial charge on any atom is -0.466 e. The molecule has 1 spiro atoms. The number of aliphatic hydroxyl groups is 1. The zero-order chi connectivity index (χ0) is 28.1. The van der Waals surface area contributed by atoms with Gasteiger partial charge in [0.05, 0.1) is 35.8 Å². The number of nitrogens with one attached hydrogen (secondary N) is 1. The number of fused-ring (bicyclic) bond motifs is 1. The summed E-state index contributed by atoms with van der Waals surface area (Å²) >= 11 is 1.63. The van der Waals surface area contributed by atoms with Crippen LogP contribution in [0.15, 0.2) is 30.3 Å². The molecule has 4 rings (SSSR count). The summed E-state index contributed by atoms with van der Waals surface area (Å²) in [7, 11) is 0. The number of benzene rings is 1. The Kier molecular flexibility index (Phi) is 7.74. The van der Waals surface area contributed by atoms with E-state index in [1.54, 1.807) is 23.6 Å². The molecular weight excluding hydrogens is 500 g/mol. The first kappa shape index (κ1) is 28.9. The van der Waals surface area contributed by atoms with Gasteiger partial charge in [0.2, 0.25) is 11.8 Å². The van der Waals surface area contributed by atoms with Gasteiger partial charge in [-0.2, -0.15) is 0 Å². The van der Waals surface area contributed by atoms with Gasteiger partial charge in [-0.05, 0) is 64.4 Å². The first-order valence-corrected chi connectivity index (χ1v) is 14.7. The summed E-state index contributed by atoms with van der Waals surface area (Å²) < 4.78 is 4.27. The van der Waals surface area contributed by atoms with E-state index in [0.717, 1.165) is 18.4 Å². The standard InChI is InChI=1S/C30H44N2O5S/c1-8-37-26(36)22-21-25(35)32(20(17-33)16-19-12-10-9-11-13-19)23(30(21)15-14-29(22,7)38-30)24(34)31-28(5,6)18-27(2,3)4/h9-13,20-23,33H,8,14-18H2,1-7H3,(H,31,34)/t20-,21+,22+,23?,29-,30?/m1/s1. The van der Waals surface area contributed by atoms with Gasteiger partial charge < -0.3 is 20.1 Å². The topological polar surface area (TPSA) is 95.9 Å². The first-order chi connectivity index (χ1) is 17.7. The maximum absolute atomic E-state index is 14.3. The summed E-state index contributed by atoms with van der Waals surface area (Å²) in [6.45, 7) is 14.2. The van der Waals surface area contributed by atoms with Crippen LogP contribution in [0.1, 0.15) is 73.3 Å². The molecule has 0 aliphatic carbocycles. The Morgan fingerprint density at radius 3 is 2.42 bits per heavy atom. The van der Waals surface area contributed by atoms with Gasteiger partial charge in [-0.3, -0.25) is 14.4 Å². The maximum Gasteiger partial charge on any atom is 0.311 e. The Morgan fingerprint density at radius 2 is 1.84 bits per heavy atom. The van der Waals surface area contributed by atoms with E-state index in [1.165, 1.54) is 0 Å². The Morgan fingerprint density at radius 1 is 1.18 bits per heavy atom. The molecule has 1 aromatic carbocycles. The number of hydrogen-bond donors (Lipinski definition) is 2. The van der Waals surface area contributed by atoms with E-state index in [4.69, 9.17) is 4.74 Å². The van der Waals surface area contributed by atoms with Gasteiger partial charge in [0.15, 0.2) is 0 Å². The Bertz CT molecular complexity index is 1070. The van der Waals surface area contributed by atoms with Crippen molar-refractivity contribution in [1.29, 1.82) is 0 Å². The fourth-order valence-electron chi connectivity index (χ4n) is 7.56. The molecule has 3 heterocycles. The number of hydrogen-bond acceptors (Lipinski definition) is 6. The van der Waals surface area contributed by atoms with E-state index >= 15 is 0 Å². The fraction of sp³-hybridized carbons (Fsp3) is 0.700. The third-order valence-corrected chi connectivity index (χ3v) is 10.3. The van der Waals surface area contributed by atoms with Gasteiger partial charge >= 0.3 is 5.97 Å². The predicted octanol–water partition coefficient (Wildman–Crippen LogP) is 3.97. The number of likely N-dealkylation sites (tertiary alicyclic amines) is 1. The van der Waals surface area contributed by atoms with Crippen LogP contribution in [0.25, 0.3) is 0 Å². The number of amides is 2. The SMILES string of the molecule is CCOC(=O)[C@@H]1[C@H]2C(=O)N([C@@H](CO)Cc3ccccc3)C(C(=O)NC(C)(C)CC(C)(C)C)C23CC[C@@]1(C)S3. The minimum atomic E-state index is -0.786. The van der Waals surface area contributed by atoms with Crippen LogP contribution in [-0.2, 0) is 25.5 Å². The fourth-order valence-corrected chi connectivity index (χ4v) is 9.89. The molecule has 6 atom stereocenters. The molecule has 3 saturated heterocycles. The normalized spacial score (nSPS) is 31.3. The number of carbonyl (C=O) groups excluding carboxylic acids is 3. The molecule has 38 heavy (non-hydrogen) atoms. The van der Waals surface area contributed by atoms with Crippen LogP contribution in [0.5, 0.6) is 0 Å². The van der Waals surface area contributed by atoms with Gasteiger partial charge in [-0.1, -0.05) is 51.1 Å². The third kappa shape index (κ3) is 5.10. The summed E-state index contributed by atoms with van der Waals surface area (Å²) in [4.78, 5) is 43.5. The second-order valence-corrected chi connectivity index (χ2v) is 15.3. The van der Waals surface area contributed by atoms with Crippen LogP contribution in [0.4, 0.5) is 0 Å². The van der Waals surface area contributed by atoms with E-state index in [0.29, 0.717) is 12.8 Å². The van der Waals surface area contributed by atoms with Crippen molar-refractivity contribution in [2.24, 2.45) is 17.3 Å². The predicted molar refractivity (Wildman–Crippen MR) is 150 cm³/mol. The number of ether oxygens (including phenoxy) is 1. The number of thioether (sulfide) groups is 1. The molecule has 7 nitrogen and oxygen atoms in total. The molecule has 8 heteroatoms. The Hall–Kier alpha value is -2.06. The molecule has 2 bridgehead atoms. The van der Waals surface area contributed by atoms with E-state index in [9.17, 15) is 19.5 Å². The van der Waals surface area contributed by atoms with Crippen molar-refractivity contribution in [2.45, 2.75) is 101 Å². The highest BCUT2D eigenvalue weighted by molar-refractivity contribution is 8.02. The van der Waals surface area contributed by atoms with Crippen molar-refractivity contribution < 1.29 is 24.2 Å². The molecule has 1 aromatic rings. The van der Waals surface area contributed by atoms with Crippen molar-refractivity contribution >= 4 is 29.5 Å². The van der Waals surface area contributed by atoms with Crippen molar-refractivity contribution in [3.63, 3.8) is 0 Å². The highest BCUT2D eigenvalue weighted by Crippen LogP contribution is 2.71.